The van der Waals surface area contributed by atoms with Crippen molar-refractivity contribution in [2.24, 2.45) is 16.6 Å². The van der Waals surface area contributed by atoms with E-state index in [9.17, 15) is 0 Å². The molecule has 0 aliphatic heterocycles. The Balaban J connectivity index is 4.26. The number of hydrogen-bond acceptors (Lipinski definition) is 1. The number of nitrogens with two attached hydrogens (primary N) is 1. The maximum absolute atomic E-state index is 5.57. The van der Waals surface area contributed by atoms with Gasteiger partial charge in [-0.25, -0.2) is 0 Å². The molecule has 0 unspecified atom stereocenters. The lowest BCUT2D eigenvalue weighted by Crippen LogP contribution is -2.33. The van der Waals surface area contributed by atoms with Crippen molar-refractivity contribution < 1.29 is 0 Å². The molecule has 0 bridgehead atoms. The van der Waals surface area contributed by atoms with Gasteiger partial charge < -0.3 is 5.73 Å². The molecule has 0 aromatic carbocycles. The third-order valence-corrected chi connectivity index (χ3v) is 3.49. The van der Waals surface area contributed by atoms with Crippen LogP contribution in [-0.4, -0.2) is 6.54 Å². The lowest BCUT2D eigenvalue weighted by molar-refractivity contribution is 0.0966. The third-order valence-electron chi connectivity index (χ3n) is 3.49. The number of hydrogen-bond donors (Lipinski definition) is 1. The maximum Gasteiger partial charge on any atom is -0.00720 e. The molecule has 0 rings (SSSR count). The van der Waals surface area contributed by atoms with Crippen molar-refractivity contribution in [2.75, 3.05) is 6.54 Å². The Morgan fingerprint density at radius 2 is 1.45 bits per heavy atom. The van der Waals surface area contributed by atoms with E-state index < -0.39 is 0 Å². The highest BCUT2D eigenvalue weighted by Crippen LogP contribution is 2.43. The molecule has 11 heavy (non-hydrogen) atoms. The van der Waals surface area contributed by atoms with Crippen molar-refractivity contribution in [3.05, 3.63) is 0 Å². The molecule has 0 saturated heterocycles. The van der Waals surface area contributed by atoms with Gasteiger partial charge in [-0.3, -0.25) is 0 Å². The first kappa shape index (κ1) is 11.0. The molecule has 0 aliphatic rings. The molecule has 0 aliphatic carbocycles. The van der Waals surface area contributed by atoms with Gasteiger partial charge in [0.05, 0.1) is 0 Å². The van der Waals surface area contributed by atoms with Gasteiger partial charge in [-0.2, -0.15) is 0 Å². The summed E-state index contributed by atoms with van der Waals surface area (Å²) in [7, 11) is 0. The Hall–Kier alpha value is -0.0400. The van der Waals surface area contributed by atoms with Crippen LogP contribution in [0.25, 0.3) is 0 Å². The van der Waals surface area contributed by atoms with Crippen LogP contribution >= 0.6 is 0 Å². The predicted octanol–water partition coefficient (Wildman–Crippen LogP) is 2.80. The van der Waals surface area contributed by atoms with Crippen LogP contribution in [-0.2, 0) is 0 Å². The molecule has 2 N–H and O–H groups in total. The van der Waals surface area contributed by atoms with Crippen molar-refractivity contribution in [1.29, 1.82) is 0 Å². The zero-order valence-electron chi connectivity index (χ0n) is 8.70. The second-order valence-corrected chi connectivity index (χ2v) is 4.66. The summed E-state index contributed by atoms with van der Waals surface area (Å²) >= 11 is 0. The van der Waals surface area contributed by atoms with Gasteiger partial charge in [-0.15, -0.1) is 0 Å². The van der Waals surface area contributed by atoms with Crippen LogP contribution in [0, 0.1) is 10.8 Å². The lowest BCUT2D eigenvalue weighted by Gasteiger charge is -2.41. The van der Waals surface area contributed by atoms with Gasteiger partial charge in [0, 0.05) is 0 Å². The van der Waals surface area contributed by atoms with Gasteiger partial charge >= 0.3 is 0 Å². The summed E-state index contributed by atoms with van der Waals surface area (Å²) in [6.07, 6.45) is 2.34. The molecular weight excluding hydrogens is 134 g/mol. The second kappa shape index (κ2) is 3.57. The summed E-state index contributed by atoms with van der Waals surface area (Å²) in [6, 6.07) is 0. The van der Waals surface area contributed by atoms with E-state index in [1.165, 1.54) is 6.42 Å². The van der Waals surface area contributed by atoms with Crippen LogP contribution in [0.15, 0.2) is 0 Å². The van der Waals surface area contributed by atoms with Crippen LogP contribution < -0.4 is 5.73 Å². The smallest absolute Gasteiger partial charge is 0.00720 e. The molecule has 0 aromatic heterocycles. The van der Waals surface area contributed by atoms with Gasteiger partial charge in [0.2, 0.25) is 0 Å². The van der Waals surface area contributed by atoms with Crippen LogP contribution in [0.5, 0.6) is 0 Å². The van der Waals surface area contributed by atoms with E-state index in [2.05, 4.69) is 34.6 Å². The SMILES string of the molecule is CCC(C)(C)C(C)(C)CCN. The fraction of sp³-hybridized carbons (Fsp3) is 1.00. The zero-order valence-corrected chi connectivity index (χ0v) is 8.70. The monoisotopic (exact) mass is 157 g/mol. The quantitative estimate of drug-likeness (QED) is 0.667. The largest absolute Gasteiger partial charge is 0.330 e. The van der Waals surface area contributed by atoms with Crippen molar-refractivity contribution in [2.45, 2.75) is 47.5 Å². The minimum absolute atomic E-state index is 0.372. The van der Waals surface area contributed by atoms with Gasteiger partial charge in [0.15, 0.2) is 0 Å². The summed E-state index contributed by atoms with van der Waals surface area (Å²) in [5.74, 6) is 0. The van der Waals surface area contributed by atoms with E-state index in [1.54, 1.807) is 0 Å². The summed E-state index contributed by atoms with van der Waals surface area (Å²) in [6.45, 7) is 12.3. The molecule has 0 heterocycles. The Bertz CT molecular complexity index is 114. The summed E-state index contributed by atoms with van der Waals surface area (Å²) in [4.78, 5) is 0. The Morgan fingerprint density at radius 3 is 1.73 bits per heavy atom. The average Bonchev–Trinajstić information content (AvgIpc) is 1.87. The van der Waals surface area contributed by atoms with Gasteiger partial charge in [-0.1, -0.05) is 41.0 Å². The predicted molar refractivity (Wildman–Crippen MR) is 51.5 cm³/mol. The fourth-order valence-corrected chi connectivity index (χ4v) is 1.18. The van der Waals surface area contributed by atoms with Crippen molar-refractivity contribution in [3.8, 4) is 0 Å². The molecule has 0 spiro atoms. The second-order valence-electron chi connectivity index (χ2n) is 4.66. The van der Waals surface area contributed by atoms with E-state index in [0.29, 0.717) is 10.8 Å². The van der Waals surface area contributed by atoms with E-state index in [4.69, 9.17) is 5.73 Å². The molecule has 0 atom stereocenters. The molecular formula is C10H23N. The molecule has 0 radical (unpaired) electrons. The Labute approximate surface area is 71.4 Å². The molecule has 0 saturated carbocycles. The van der Waals surface area contributed by atoms with E-state index in [0.717, 1.165) is 13.0 Å². The topological polar surface area (TPSA) is 26.0 Å². The molecule has 1 heteroatoms. The highest BCUT2D eigenvalue weighted by atomic mass is 14.5. The Morgan fingerprint density at radius 1 is 1.00 bits per heavy atom. The lowest BCUT2D eigenvalue weighted by atomic mass is 9.65. The van der Waals surface area contributed by atoms with E-state index in [-0.39, 0.29) is 0 Å². The van der Waals surface area contributed by atoms with Gasteiger partial charge in [-0.05, 0) is 23.8 Å². The van der Waals surface area contributed by atoms with Gasteiger partial charge in [0.25, 0.3) is 0 Å². The van der Waals surface area contributed by atoms with Crippen LogP contribution in [0.3, 0.4) is 0 Å². The summed E-state index contributed by atoms with van der Waals surface area (Å²) in [5, 5.41) is 0. The van der Waals surface area contributed by atoms with Crippen LogP contribution in [0.4, 0.5) is 0 Å². The van der Waals surface area contributed by atoms with Crippen LogP contribution in [0.1, 0.15) is 47.5 Å². The zero-order chi connectivity index (χ0) is 9.12. The summed E-state index contributed by atoms with van der Waals surface area (Å²) in [5.41, 5.74) is 6.35. The standard InChI is InChI=1S/C10H23N/c1-6-9(2,3)10(4,5)7-8-11/h6-8,11H2,1-5H3. The highest BCUT2D eigenvalue weighted by molar-refractivity contribution is 4.84. The summed E-state index contributed by atoms with van der Waals surface area (Å²) < 4.78 is 0. The fourth-order valence-electron chi connectivity index (χ4n) is 1.18. The van der Waals surface area contributed by atoms with Gasteiger partial charge in [0.1, 0.15) is 0 Å². The molecule has 1 nitrogen and oxygen atoms in total. The maximum atomic E-state index is 5.57. The molecule has 68 valence electrons. The molecule has 0 amide bonds. The third kappa shape index (κ3) is 2.48. The van der Waals surface area contributed by atoms with Crippen molar-refractivity contribution in [3.63, 3.8) is 0 Å². The first-order chi connectivity index (χ1) is 4.87. The molecule has 0 fully saturated rings. The first-order valence-corrected chi connectivity index (χ1v) is 4.57. The minimum atomic E-state index is 0.372. The Kier molecular flexibility index (Phi) is 3.56. The normalized spacial score (nSPS) is 13.6. The van der Waals surface area contributed by atoms with Crippen LogP contribution in [0.2, 0.25) is 0 Å². The number of rotatable bonds is 4. The first-order valence-electron chi connectivity index (χ1n) is 4.57. The average molecular weight is 157 g/mol. The van der Waals surface area contributed by atoms with Crippen molar-refractivity contribution >= 4 is 0 Å². The highest BCUT2D eigenvalue weighted by Gasteiger charge is 2.34. The molecule has 0 aromatic rings. The van der Waals surface area contributed by atoms with E-state index in [1.807, 2.05) is 0 Å². The van der Waals surface area contributed by atoms with E-state index >= 15 is 0 Å². The van der Waals surface area contributed by atoms with Crippen molar-refractivity contribution in [1.82, 2.24) is 0 Å². The minimum Gasteiger partial charge on any atom is -0.330 e.